The molecule has 0 radical (unpaired) electrons. The number of carbonyl (C=O) groups is 1. The van der Waals surface area contributed by atoms with E-state index in [0.29, 0.717) is 17.9 Å². The molecule has 6 heteroatoms. The fourth-order valence-electron chi connectivity index (χ4n) is 2.95. The molecule has 1 N–H and O–H groups in total. The molecule has 0 fully saturated rings. The third-order valence-electron chi connectivity index (χ3n) is 4.34. The molecular weight excluding hydrogens is 368 g/mol. The zero-order chi connectivity index (χ0) is 19.2. The highest BCUT2D eigenvalue weighted by Crippen LogP contribution is 2.26. The van der Waals surface area contributed by atoms with Crippen LogP contribution < -0.4 is 5.32 Å². The smallest absolute Gasteiger partial charge is 0.252 e. The van der Waals surface area contributed by atoms with Crippen molar-refractivity contribution < 1.29 is 4.79 Å². The second kappa shape index (κ2) is 8.71. The van der Waals surface area contributed by atoms with Crippen molar-refractivity contribution >= 4 is 23.3 Å². The van der Waals surface area contributed by atoms with Gasteiger partial charge in [0.25, 0.3) is 5.91 Å². The number of thioether (sulfide) groups is 1. The summed E-state index contributed by atoms with van der Waals surface area (Å²) in [5.74, 6) is 0.656. The van der Waals surface area contributed by atoms with Crippen LogP contribution in [-0.4, -0.2) is 26.8 Å². The largest absolute Gasteiger partial charge is 0.352 e. The Balaban J connectivity index is 1.39. The van der Waals surface area contributed by atoms with E-state index in [2.05, 4.69) is 15.3 Å². The van der Waals surface area contributed by atoms with Gasteiger partial charge >= 0.3 is 0 Å². The summed E-state index contributed by atoms with van der Waals surface area (Å²) in [5, 5.41) is 3.01. The minimum Gasteiger partial charge on any atom is -0.352 e. The number of carbonyl (C=O) groups excluding carboxylic acids is 1. The Labute approximate surface area is 167 Å². The van der Waals surface area contributed by atoms with Crippen molar-refractivity contribution in [1.29, 1.82) is 0 Å². The number of rotatable bonds is 7. The predicted octanol–water partition coefficient (Wildman–Crippen LogP) is 3.99. The lowest BCUT2D eigenvalue weighted by Gasteiger charge is -2.09. The van der Waals surface area contributed by atoms with Crippen LogP contribution in [0.1, 0.15) is 21.6 Å². The van der Waals surface area contributed by atoms with Gasteiger partial charge in [-0.05, 0) is 42.3 Å². The van der Waals surface area contributed by atoms with Crippen LogP contribution in [-0.2, 0) is 12.2 Å². The number of nitrogens with zero attached hydrogens (tertiary/aromatic N) is 3. The molecule has 0 unspecified atom stereocenters. The predicted molar refractivity (Wildman–Crippen MR) is 111 cm³/mol. The highest BCUT2D eigenvalue weighted by molar-refractivity contribution is 7.98. The number of hydrogen-bond donors (Lipinski definition) is 1. The van der Waals surface area contributed by atoms with Gasteiger partial charge in [-0.2, -0.15) is 0 Å². The number of pyridine rings is 2. The van der Waals surface area contributed by atoms with E-state index >= 15 is 0 Å². The van der Waals surface area contributed by atoms with Crippen LogP contribution in [0.25, 0.3) is 5.65 Å². The lowest BCUT2D eigenvalue weighted by Crippen LogP contribution is -2.26. The van der Waals surface area contributed by atoms with Crippen LogP contribution >= 0.6 is 11.8 Å². The molecule has 5 nitrogen and oxygen atoms in total. The van der Waals surface area contributed by atoms with Crippen LogP contribution in [0.3, 0.4) is 0 Å². The quantitative estimate of drug-likeness (QED) is 0.486. The lowest BCUT2D eigenvalue weighted by atomic mass is 10.2. The van der Waals surface area contributed by atoms with E-state index in [-0.39, 0.29) is 5.91 Å². The van der Waals surface area contributed by atoms with Crippen molar-refractivity contribution in [2.75, 3.05) is 6.54 Å². The number of nitrogens with one attached hydrogen (secondary N) is 1. The molecule has 1 aromatic carbocycles. The van der Waals surface area contributed by atoms with Crippen LogP contribution in [0.5, 0.6) is 0 Å². The van der Waals surface area contributed by atoms with Gasteiger partial charge in [-0.25, -0.2) is 4.98 Å². The van der Waals surface area contributed by atoms with Crippen molar-refractivity contribution in [1.82, 2.24) is 19.7 Å². The number of aromatic nitrogens is 3. The van der Waals surface area contributed by atoms with E-state index in [4.69, 9.17) is 0 Å². The number of benzene rings is 1. The first kappa shape index (κ1) is 18.3. The summed E-state index contributed by atoms with van der Waals surface area (Å²) in [7, 11) is 0. The molecule has 140 valence electrons. The third-order valence-corrected chi connectivity index (χ3v) is 5.45. The normalized spacial score (nSPS) is 10.9. The SMILES string of the molecule is O=C(NCCc1cccnc1)c1ccccc1SCc1cn2ccccc2n1. The number of fused-ring (bicyclic) bond motifs is 1. The maximum Gasteiger partial charge on any atom is 0.252 e. The van der Waals surface area contributed by atoms with Crippen molar-refractivity contribution in [3.05, 3.63) is 96.2 Å². The summed E-state index contributed by atoms with van der Waals surface area (Å²) in [5.41, 5.74) is 3.72. The molecule has 4 aromatic rings. The Morgan fingerprint density at radius 3 is 2.82 bits per heavy atom. The molecule has 0 aliphatic carbocycles. The Morgan fingerprint density at radius 1 is 1.07 bits per heavy atom. The molecule has 0 atom stereocenters. The molecule has 0 bridgehead atoms. The van der Waals surface area contributed by atoms with E-state index in [0.717, 1.165) is 28.2 Å². The van der Waals surface area contributed by atoms with Gasteiger partial charge in [0.1, 0.15) is 5.65 Å². The van der Waals surface area contributed by atoms with E-state index in [1.54, 1.807) is 18.0 Å². The minimum atomic E-state index is -0.0537. The van der Waals surface area contributed by atoms with Gasteiger partial charge in [-0.3, -0.25) is 9.78 Å². The highest BCUT2D eigenvalue weighted by atomic mass is 32.2. The molecular formula is C22H20N4OS. The fraction of sp³-hybridized carbons (Fsp3) is 0.136. The fourth-order valence-corrected chi connectivity index (χ4v) is 3.88. The van der Waals surface area contributed by atoms with Gasteiger partial charge in [-0.1, -0.05) is 24.3 Å². The van der Waals surface area contributed by atoms with Gasteiger partial charge in [-0.15, -0.1) is 11.8 Å². The van der Waals surface area contributed by atoms with Crippen molar-refractivity contribution in [3.63, 3.8) is 0 Å². The molecule has 0 aliphatic rings. The summed E-state index contributed by atoms with van der Waals surface area (Å²) < 4.78 is 2.01. The first-order valence-electron chi connectivity index (χ1n) is 9.11. The second-order valence-corrected chi connectivity index (χ2v) is 7.37. The molecule has 28 heavy (non-hydrogen) atoms. The zero-order valence-corrected chi connectivity index (χ0v) is 16.1. The molecule has 1 amide bonds. The summed E-state index contributed by atoms with van der Waals surface area (Å²) in [6, 6.07) is 17.6. The first-order chi connectivity index (χ1) is 13.8. The number of imidazole rings is 1. The third kappa shape index (κ3) is 4.40. The van der Waals surface area contributed by atoms with Crippen LogP contribution in [0.2, 0.25) is 0 Å². The Bertz CT molecular complexity index is 1050. The first-order valence-corrected chi connectivity index (χ1v) is 10.1. The average Bonchev–Trinajstić information content (AvgIpc) is 3.16. The van der Waals surface area contributed by atoms with Gasteiger partial charge in [0.15, 0.2) is 0 Å². The summed E-state index contributed by atoms with van der Waals surface area (Å²) in [6.45, 7) is 0.579. The lowest BCUT2D eigenvalue weighted by molar-refractivity contribution is 0.0951. The van der Waals surface area contributed by atoms with Crippen LogP contribution in [0.4, 0.5) is 0 Å². The van der Waals surface area contributed by atoms with Gasteiger partial charge in [0.05, 0.1) is 11.3 Å². The number of hydrogen-bond acceptors (Lipinski definition) is 4. The maximum absolute atomic E-state index is 12.6. The van der Waals surface area contributed by atoms with Crippen molar-refractivity contribution in [3.8, 4) is 0 Å². The van der Waals surface area contributed by atoms with Gasteiger partial charge < -0.3 is 9.72 Å². The zero-order valence-electron chi connectivity index (χ0n) is 15.3. The second-order valence-electron chi connectivity index (χ2n) is 6.35. The Hall–Kier alpha value is -3.12. The monoisotopic (exact) mass is 388 g/mol. The summed E-state index contributed by atoms with van der Waals surface area (Å²) >= 11 is 1.63. The average molecular weight is 388 g/mol. The van der Waals surface area contributed by atoms with Crippen molar-refractivity contribution in [2.45, 2.75) is 17.1 Å². The minimum absolute atomic E-state index is 0.0537. The molecule has 4 rings (SSSR count). The van der Waals surface area contributed by atoms with E-state index < -0.39 is 0 Å². The van der Waals surface area contributed by atoms with E-state index in [9.17, 15) is 4.79 Å². The van der Waals surface area contributed by atoms with E-state index in [1.165, 1.54) is 0 Å². The summed E-state index contributed by atoms with van der Waals surface area (Å²) in [6.07, 6.45) is 8.35. The van der Waals surface area contributed by atoms with Crippen LogP contribution in [0.15, 0.2) is 84.3 Å². The van der Waals surface area contributed by atoms with Crippen LogP contribution in [0, 0.1) is 0 Å². The van der Waals surface area contributed by atoms with Gasteiger partial charge in [0.2, 0.25) is 0 Å². The van der Waals surface area contributed by atoms with Crippen molar-refractivity contribution in [2.24, 2.45) is 0 Å². The molecule has 0 saturated heterocycles. The topological polar surface area (TPSA) is 59.3 Å². The summed E-state index contributed by atoms with van der Waals surface area (Å²) in [4.78, 5) is 22.3. The Kier molecular flexibility index (Phi) is 5.68. The Morgan fingerprint density at radius 2 is 1.96 bits per heavy atom. The highest BCUT2D eigenvalue weighted by Gasteiger charge is 2.12. The molecule has 0 spiro atoms. The standard InChI is InChI=1S/C22H20N4OS/c27-22(24-12-10-17-6-5-11-23-14-17)19-7-1-2-8-20(19)28-16-18-15-26-13-4-3-9-21(26)25-18/h1-9,11,13-15H,10,12,16H2,(H,24,27). The maximum atomic E-state index is 12.6. The van der Waals surface area contributed by atoms with Gasteiger partial charge in [0, 0.05) is 42.0 Å². The molecule has 0 aliphatic heterocycles. The molecule has 0 saturated carbocycles. The van der Waals surface area contributed by atoms with E-state index in [1.807, 2.05) is 77.6 Å². The number of amides is 1. The molecule has 3 aromatic heterocycles. The molecule has 3 heterocycles.